The smallest absolute Gasteiger partial charge is 0.276 e. The third kappa shape index (κ3) is 3.49. The van der Waals surface area contributed by atoms with Crippen LogP contribution in [0.4, 0.5) is 0 Å². The van der Waals surface area contributed by atoms with Crippen LogP contribution in [0.1, 0.15) is 19.3 Å². The molecule has 82 valence electrons. The Hall–Kier alpha value is -0.240. The zero-order valence-electron chi connectivity index (χ0n) is 7.85. The van der Waals surface area contributed by atoms with E-state index in [0.717, 1.165) is 12.8 Å². The zero-order chi connectivity index (χ0) is 10.8. The fraction of sp³-hybridized carbons (Fsp3) is 0.857. The van der Waals surface area contributed by atoms with Crippen LogP contribution >= 0.6 is 12.2 Å². The molecule has 0 saturated carbocycles. The van der Waals surface area contributed by atoms with Gasteiger partial charge in [-0.3, -0.25) is 0 Å². The summed E-state index contributed by atoms with van der Waals surface area (Å²) in [4.78, 5) is 0.436. The number of piperidine rings is 1. The molecule has 1 rings (SSSR count). The van der Waals surface area contributed by atoms with Gasteiger partial charge in [0.15, 0.2) is 0 Å². The highest BCUT2D eigenvalue weighted by Gasteiger charge is 2.26. The molecule has 0 radical (unpaired) electrons. The van der Waals surface area contributed by atoms with Gasteiger partial charge in [0.2, 0.25) is 0 Å². The second-order valence-electron chi connectivity index (χ2n) is 3.58. The molecule has 7 heteroatoms. The molecule has 0 amide bonds. The van der Waals surface area contributed by atoms with Crippen molar-refractivity contribution in [2.45, 2.75) is 19.3 Å². The normalized spacial score (nSPS) is 24.8. The summed E-state index contributed by atoms with van der Waals surface area (Å²) in [5.41, 5.74) is 5.41. The van der Waals surface area contributed by atoms with Crippen molar-refractivity contribution in [2.75, 3.05) is 13.1 Å². The molecular weight excluding hydrogens is 222 g/mol. The summed E-state index contributed by atoms with van der Waals surface area (Å²) >= 11 is 4.79. The Kier molecular flexibility index (Phi) is 3.82. The van der Waals surface area contributed by atoms with Gasteiger partial charge >= 0.3 is 0 Å². The van der Waals surface area contributed by atoms with Gasteiger partial charge in [-0.25, -0.2) is 5.14 Å². The van der Waals surface area contributed by atoms with Crippen LogP contribution in [0.2, 0.25) is 0 Å². The second-order valence-corrected chi connectivity index (χ2v) is 5.65. The topological polar surface area (TPSA) is 89.4 Å². The Bertz CT molecular complexity index is 315. The van der Waals surface area contributed by atoms with E-state index in [-0.39, 0.29) is 5.92 Å². The van der Waals surface area contributed by atoms with E-state index in [0.29, 0.717) is 24.5 Å². The average Bonchev–Trinajstić information content (AvgIpc) is 2.01. The molecule has 1 fully saturated rings. The predicted octanol–water partition coefficient (Wildman–Crippen LogP) is -0.422. The lowest BCUT2D eigenvalue weighted by Crippen LogP contribution is -2.44. The summed E-state index contributed by atoms with van der Waals surface area (Å²) in [6, 6.07) is 0. The molecule has 0 aromatic carbocycles. The van der Waals surface area contributed by atoms with Gasteiger partial charge in [0.25, 0.3) is 10.2 Å². The number of hydrogen-bond acceptors (Lipinski definition) is 3. The molecule has 14 heavy (non-hydrogen) atoms. The van der Waals surface area contributed by atoms with Gasteiger partial charge in [0, 0.05) is 19.5 Å². The van der Waals surface area contributed by atoms with Crippen LogP contribution in [0, 0.1) is 5.92 Å². The Balaban J connectivity index is 2.56. The SMILES string of the molecule is NC(=S)CC1CCCN(S(N)(=O)=O)C1. The lowest BCUT2D eigenvalue weighted by Gasteiger charge is -2.30. The maximum absolute atomic E-state index is 11.1. The van der Waals surface area contributed by atoms with Gasteiger partial charge in [-0.2, -0.15) is 12.7 Å². The molecule has 0 aromatic rings. The molecule has 0 bridgehead atoms. The Morgan fingerprint density at radius 2 is 2.21 bits per heavy atom. The molecule has 1 saturated heterocycles. The first-order valence-electron chi connectivity index (χ1n) is 4.46. The van der Waals surface area contributed by atoms with E-state index in [9.17, 15) is 8.42 Å². The molecular formula is C7H15N3O2S2. The number of rotatable bonds is 3. The standard InChI is InChI=1S/C7H15N3O2S2/c8-7(13)4-6-2-1-3-10(5-6)14(9,11)12/h6H,1-5H2,(H2,8,13)(H2,9,11,12). The molecule has 1 atom stereocenters. The lowest BCUT2D eigenvalue weighted by molar-refractivity contribution is 0.272. The molecule has 4 N–H and O–H groups in total. The minimum absolute atomic E-state index is 0.222. The largest absolute Gasteiger partial charge is 0.393 e. The van der Waals surface area contributed by atoms with Gasteiger partial charge in [-0.15, -0.1) is 0 Å². The van der Waals surface area contributed by atoms with E-state index in [1.165, 1.54) is 4.31 Å². The van der Waals surface area contributed by atoms with E-state index in [2.05, 4.69) is 0 Å². The van der Waals surface area contributed by atoms with Crippen molar-refractivity contribution < 1.29 is 8.42 Å². The monoisotopic (exact) mass is 237 g/mol. The summed E-state index contributed by atoms with van der Waals surface area (Å²) in [6.45, 7) is 0.947. The van der Waals surface area contributed by atoms with E-state index < -0.39 is 10.2 Å². The van der Waals surface area contributed by atoms with Crippen LogP contribution in [-0.4, -0.2) is 30.8 Å². The minimum atomic E-state index is -3.55. The van der Waals surface area contributed by atoms with Gasteiger partial charge in [0.1, 0.15) is 0 Å². The maximum atomic E-state index is 11.1. The first-order chi connectivity index (χ1) is 6.39. The maximum Gasteiger partial charge on any atom is 0.276 e. The van der Waals surface area contributed by atoms with E-state index >= 15 is 0 Å². The fourth-order valence-electron chi connectivity index (χ4n) is 1.71. The minimum Gasteiger partial charge on any atom is -0.393 e. The number of nitrogens with two attached hydrogens (primary N) is 2. The third-order valence-corrected chi connectivity index (χ3v) is 3.55. The Morgan fingerprint density at radius 3 is 2.71 bits per heavy atom. The van der Waals surface area contributed by atoms with Crippen LogP contribution in [0.5, 0.6) is 0 Å². The summed E-state index contributed by atoms with van der Waals surface area (Å²) in [6.07, 6.45) is 2.38. The molecule has 0 spiro atoms. The van der Waals surface area contributed by atoms with Crippen molar-refractivity contribution in [2.24, 2.45) is 16.8 Å². The summed E-state index contributed by atoms with van der Waals surface area (Å²) < 4.78 is 23.4. The van der Waals surface area contributed by atoms with Gasteiger partial charge in [0.05, 0.1) is 4.99 Å². The second kappa shape index (κ2) is 4.52. The molecule has 0 aliphatic carbocycles. The van der Waals surface area contributed by atoms with Crippen molar-refractivity contribution in [1.29, 1.82) is 0 Å². The van der Waals surface area contributed by atoms with Crippen molar-refractivity contribution >= 4 is 27.4 Å². The molecule has 1 heterocycles. The molecule has 1 aliphatic heterocycles. The zero-order valence-corrected chi connectivity index (χ0v) is 9.48. The molecule has 5 nitrogen and oxygen atoms in total. The van der Waals surface area contributed by atoms with Crippen molar-refractivity contribution in [3.05, 3.63) is 0 Å². The third-order valence-electron chi connectivity index (χ3n) is 2.33. The van der Waals surface area contributed by atoms with E-state index in [4.69, 9.17) is 23.1 Å². The van der Waals surface area contributed by atoms with Crippen LogP contribution < -0.4 is 10.9 Å². The van der Waals surface area contributed by atoms with Crippen LogP contribution in [0.25, 0.3) is 0 Å². The van der Waals surface area contributed by atoms with Crippen molar-refractivity contribution in [3.63, 3.8) is 0 Å². The first kappa shape index (κ1) is 11.8. The number of hydrogen-bond donors (Lipinski definition) is 2. The summed E-state index contributed by atoms with van der Waals surface area (Å²) in [7, 11) is -3.55. The summed E-state index contributed by atoms with van der Waals surface area (Å²) in [5.74, 6) is 0.222. The number of thiocarbonyl (C=S) groups is 1. The highest BCUT2D eigenvalue weighted by Crippen LogP contribution is 2.20. The molecule has 1 unspecified atom stereocenters. The van der Waals surface area contributed by atoms with Crippen LogP contribution in [0.15, 0.2) is 0 Å². The highest BCUT2D eigenvalue weighted by atomic mass is 32.2. The average molecular weight is 237 g/mol. The van der Waals surface area contributed by atoms with Crippen LogP contribution in [0.3, 0.4) is 0 Å². The lowest BCUT2D eigenvalue weighted by atomic mass is 9.96. The summed E-state index contributed by atoms with van der Waals surface area (Å²) in [5, 5.41) is 5.04. The van der Waals surface area contributed by atoms with Crippen molar-refractivity contribution in [3.8, 4) is 0 Å². The van der Waals surface area contributed by atoms with E-state index in [1.54, 1.807) is 0 Å². The fourth-order valence-corrected chi connectivity index (χ4v) is 2.75. The quantitative estimate of drug-likeness (QED) is 0.652. The number of nitrogens with zero attached hydrogens (tertiary/aromatic N) is 1. The van der Waals surface area contributed by atoms with E-state index in [1.807, 2.05) is 0 Å². The first-order valence-corrected chi connectivity index (χ1v) is 6.37. The van der Waals surface area contributed by atoms with Crippen molar-refractivity contribution in [1.82, 2.24) is 4.31 Å². The molecule has 0 aromatic heterocycles. The van der Waals surface area contributed by atoms with Gasteiger partial charge < -0.3 is 5.73 Å². The highest BCUT2D eigenvalue weighted by molar-refractivity contribution is 7.86. The van der Waals surface area contributed by atoms with Gasteiger partial charge in [-0.05, 0) is 18.8 Å². The molecule has 1 aliphatic rings. The Labute approximate surface area is 89.6 Å². The predicted molar refractivity (Wildman–Crippen MR) is 58.8 cm³/mol. The van der Waals surface area contributed by atoms with Gasteiger partial charge in [-0.1, -0.05) is 12.2 Å². The van der Waals surface area contributed by atoms with Crippen LogP contribution in [-0.2, 0) is 10.2 Å². The Morgan fingerprint density at radius 1 is 1.57 bits per heavy atom.